The van der Waals surface area contributed by atoms with Gasteiger partial charge in [0.25, 0.3) is 0 Å². The zero-order chi connectivity index (χ0) is 21.3. The summed E-state index contributed by atoms with van der Waals surface area (Å²) in [4.78, 5) is 23.7. The maximum atomic E-state index is 11.9. The maximum Gasteiger partial charge on any atom is 0.243 e. The first-order valence-corrected chi connectivity index (χ1v) is 10.6. The Kier molecular flexibility index (Phi) is 10.6. The third kappa shape index (κ3) is 7.65. The van der Waals surface area contributed by atoms with Crippen LogP contribution in [0.1, 0.15) is 11.1 Å². The SMILES string of the molecule is Cc1cccc2c(CCNC(=NCC(=O)N(C)C)NCCN3CCOCC3)c[nH]c12.I. The highest BCUT2D eigenvalue weighted by Crippen LogP contribution is 2.21. The lowest BCUT2D eigenvalue weighted by Crippen LogP contribution is -2.45. The van der Waals surface area contributed by atoms with Crippen LogP contribution in [-0.4, -0.2) is 93.2 Å². The van der Waals surface area contributed by atoms with Crippen LogP contribution in [0, 0.1) is 6.92 Å². The van der Waals surface area contributed by atoms with Crippen molar-refractivity contribution in [3.63, 3.8) is 0 Å². The minimum Gasteiger partial charge on any atom is -0.379 e. The predicted octanol–water partition coefficient (Wildman–Crippen LogP) is 1.59. The Morgan fingerprint density at radius 3 is 2.71 bits per heavy atom. The summed E-state index contributed by atoms with van der Waals surface area (Å²) in [6.07, 6.45) is 2.95. The Labute approximate surface area is 201 Å². The molecule has 0 aliphatic carbocycles. The number of aromatic nitrogens is 1. The molecule has 0 spiro atoms. The molecule has 3 N–H and O–H groups in total. The van der Waals surface area contributed by atoms with Gasteiger partial charge < -0.3 is 25.3 Å². The third-order valence-corrected chi connectivity index (χ3v) is 5.39. The number of aryl methyl sites for hydroxylation is 1. The second kappa shape index (κ2) is 12.9. The van der Waals surface area contributed by atoms with Gasteiger partial charge in [-0.05, 0) is 24.5 Å². The molecule has 172 valence electrons. The summed E-state index contributed by atoms with van der Waals surface area (Å²) in [5.41, 5.74) is 3.72. The number of nitrogens with zero attached hydrogens (tertiary/aromatic N) is 3. The second-order valence-electron chi connectivity index (χ2n) is 7.82. The molecule has 0 bridgehead atoms. The van der Waals surface area contributed by atoms with E-state index in [1.165, 1.54) is 22.0 Å². The molecule has 0 radical (unpaired) electrons. The van der Waals surface area contributed by atoms with E-state index in [-0.39, 0.29) is 36.4 Å². The average Bonchev–Trinajstić information content (AvgIpc) is 3.16. The quantitative estimate of drug-likeness (QED) is 0.268. The molecule has 0 atom stereocenters. The van der Waals surface area contributed by atoms with Crippen LogP contribution in [0.3, 0.4) is 0 Å². The summed E-state index contributed by atoms with van der Waals surface area (Å²) in [6.45, 7) is 8.18. The molecule has 0 saturated carbocycles. The number of para-hydroxylation sites is 1. The van der Waals surface area contributed by atoms with Crippen LogP contribution in [0.25, 0.3) is 10.9 Å². The number of rotatable bonds is 8. The van der Waals surface area contributed by atoms with Gasteiger partial charge in [-0.1, -0.05) is 18.2 Å². The number of hydrogen-bond donors (Lipinski definition) is 3. The van der Waals surface area contributed by atoms with E-state index in [1.54, 1.807) is 19.0 Å². The fourth-order valence-corrected chi connectivity index (χ4v) is 3.51. The van der Waals surface area contributed by atoms with E-state index in [0.29, 0.717) is 5.96 Å². The number of carbonyl (C=O) groups is 1. The van der Waals surface area contributed by atoms with Crippen LogP contribution in [0.2, 0.25) is 0 Å². The number of fused-ring (bicyclic) bond motifs is 1. The summed E-state index contributed by atoms with van der Waals surface area (Å²) in [5.74, 6) is 0.658. The lowest BCUT2D eigenvalue weighted by molar-refractivity contribution is -0.127. The minimum absolute atomic E-state index is 0. The van der Waals surface area contributed by atoms with Gasteiger partial charge in [-0.15, -0.1) is 24.0 Å². The average molecular weight is 542 g/mol. The number of morpholine rings is 1. The van der Waals surface area contributed by atoms with Crippen molar-refractivity contribution in [3.8, 4) is 0 Å². The number of H-pyrrole nitrogens is 1. The van der Waals surface area contributed by atoms with E-state index >= 15 is 0 Å². The predicted molar refractivity (Wildman–Crippen MR) is 136 cm³/mol. The minimum atomic E-state index is -0.0172. The number of nitrogens with one attached hydrogen (secondary N) is 3. The molecule has 2 heterocycles. The molecule has 8 nitrogen and oxygen atoms in total. The van der Waals surface area contributed by atoms with Gasteiger partial charge in [0.15, 0.2) is 5.96 Å². The second-order valence-corrected chi connectivity index (χ2v) is 7.82. The van der Waals surface area contributed by atoms with Crippen LogP contribution < -0.4 is 10.6 Å². The number of guanidine groups is 1. The van der Waals surface area contributed by atoms with Crippen LogP contribution in [-0.2, 0) is 16.0 Å². The van der Waals surface area contributed by atoms with Gasteiger partial charge in [0.05, 0.1) is 13.2 Å². The lowest BCUT2D eigenvalue weighted by atomic mass is 10.1. The van der Waals surface area contributed by atoms with Gasteiger partial charge >= 0.3 is 0 Å². The van der Waals surface area contributed by atoms with Crippen LogP contribution in [0.5, 0.6) is 0 Å². The molecule has 1 aromatic heterocycles. The topological polar surface area (TPSA) is 85.0 Å². The van der Waals surface area contributed by atoms with Gasteiger partial charge in [-0.25, -0.2) is 4.99 Å². The molecule has 3 rings (SSSR count). The molecular weight excluding hydrogens is 507 g/mol. The summed E-state index contributed by atoms with van der Waals surface area (Å²) < 4.78 is 5.40. The van der Waals surface area contributed by atoms with Crippen LogP contribution in [0.4, 0.5) is 0 Å². The molecule has 1 aliphatic heterocycles. The van der Waals surface area contributed by atoms with E-state index < -0.39 is 0 Å². The van der Waals surface area contributed by atoms with Gasteiger partial charge in [-0.2, -0.15) is 0 Å². The molecular formula is C22H35IN6O2. The molecule has 1 saturated heterocycles. The lowest BCUT2D eigenvalue weighted by Gasteiger charge is -2.26. The van der Waals surface area contributed by atoms with Crippen LogP contribution >= 0.6 is 24.0 Å². The number of hydrogen-bond acceptors (Lipinski definition) is 4. The van der Waals surface area contributed by atoms with Gasteiger partial charge in [0.2, 0.25) is 5.91 Å². The number of aromatic amines is 1. The molecule has 1 aromatic carbocycles. The molecule has 31 heavy (non-hydrogen) atoms. The van der Waals surface area contributed by atoms with Crippen molar-refractivity contribution in [1.29, 1.82) is 0 Å². The van der Waals surface area contributed by atoms with Crippen molar-refractivity contribution < 1.29 is 9.53 Å². The van der Waals surface area contributed by atoms with E-state index in [1.807, 2.05) is 0 Å². The summed E-state index contributed by atoms with van der Waals surface area (Å²) >= 11 is 0. The molecule has 1 aliphatic rings. The molecule has 1 amide bonds. The number of halogens is 1. The molecule has 9 heteroatoms. The zero-order valence-electron chi connectivity index (χ0n) is 18.7. The highest BCUT2D eigenvalue weighted by atomic mass is 127. The van der Waals surface area contributed by atoms with Gasteiger partial charge in [0, 0.05) is 63.9 Å². The summed E-state index contributed by atoms with van der Waals surface area (Å²) in [6, 6.07) is 6.36. The fourth-order valence-electron chi connectivity index (χ4n) is 3.51. The molecule has 0 unspecified atom stereocenters. The number of benzene rings is 1. The Balaban J connectivity index is 0.00000341. The summed E-state index contributed by atoms with van der Waals surface area (Å²) in [7, 11) is 3.49. The van der Waals surface area contributed by atoms with E-state index in [9.17, 15) is 4.79 Å². The highest BCUT2D eigenvalue weighted by molar-refractivity contribution is 14.0. The number of amides is 1. The maximum absolute atomic E-state index is 11.9. The van der Waals surface area contributed by atoms with Crippen molar-refractivity contribution in [3.05, 3.63) is 35.5 Å². The zero-order valence-corrected chi connectivity index (χ0v) is 21.1. The summed E-state index contributed by atoms with van der Waals surface area (Å²) in [5, 5.41) is 8.01. The van der Waals surface area contributed by atoms with Crippen molar-refractivity contribution in [1.82, 2.24) is 25.4 Å². The number of ether oxygens (including phenoxy) is 1. The molecule has 1 fully saturated rings. The fraction of sp³-hybridized carbons (Fsp3) is 0.545. The van der Waals surface area contributed by atoms with E-state index in [0.717, 1.165) is 52.4 Å². The first-order chi connectivity index (χ1) is 14.5. The van der Waals surface area contributed by atoms with Crippen molar-refractivity contribution in [2.24, 2.45) is 4.99 Å². The molecule has 2 aromatic rings. The number of carbonyl (C=O) groups excluding carboxylic acids is 1. The standard InChI is InChI=1S/C22H34N6O2.HI/c1-17-5-4-6-19-18(15-25-21(17)19)7-8-23-22(26-16-20(29)27(2)3)24-9-10-28-11-13-30-14-12-28;/h4-6,15,25H,7-14,16H2,1-3H3,(H2,23,24,26);1H. The van der Waals surface area contributed by atoms with Gasteiger partial charge in [-0.3, -0.25) is 9.69 Å². The Bertz CT molecular complexity index is 861. The number of likely N-dealkylation sites (N-methyl/N-ethyl adjacent to an activating group) is 1. The van der Waals surface area contributed by atoms with E-state index in [2.05, 4.69) is 56.8 Å². The Morgan fingerprint density at radius 1 is 1.23 bits per heavy atom. The Hall–Kier alpha value is -1.85. The normalized spacial score (nSPS) is 14.9. The van der Waals surface area contributed by atoms with E-state index in [4.69, 9.17) is 4.74 Å². The third-order valence-electron chi connectivity index (χ3n) is 5.39. The van der Waals surface area contributed by atoms with Crippen molar-refractivity contribution in [2.45, 2.75) is 13.3 Å². The van der Waals surface area contributed by atoms with Crippen molar-refractivity contribution in [2.75, 3.05) is 66.6 Å². The van der Waals surface area contributed by atoms with Crippen molar-refractivity contribution >= 4 is 46.7 Å². The first kappa shape index (κ1) is 25.4. The highest BCUT2D eigenvalue weighted by Gasteiger charge is 2.11. The largest absolute Gasteiger partial charge is 0.379 e. The smallest absolute Gasteiger partial charge is 0.243 e. The number of aliphatic imine (C=N–C) groups is 1. The first-order valence-electron chi connectivity index (χ1n) is 10.6. The van der Waals surface area contributed by atoms with Crippen LogP contribution in [0.15, 0.2) is 29.4 Å². The monoisotopic (exact) mass is 542 g/mol. The van der Waals surface area contributed by atoms with Gasteiger partial charge in [0.1, 0.15) is 6.54 Å². The Morgan fingerprint density at radius 2 is 1.97 bits per heavy atom.